The molecule has 0 saturated heterocycles. The first kappa shape index (κ1) is 20.2. The fraction of sp³-hybridized carbons (Fsp3) is 0.353. The maximum Gasteiger partial charge on any atom is 0.416 e. The number of unbranched alkanes of at least 4 members (excludes halogenated alkanes) is 1. The summed E-state index contributed by atoms with van der Waals surface area (Å²) in [6.45, 7) is 2.33. The van der Waals surface area contributed by atoms with Gasteiger partial charge in [-0.2, -0.15) is 13.2 Å². The monoisotopic (exact) mass is 483 g/mol. The van der Waals surface area contributed by atoms with E-state index in [1.807, 2.05) is 6.92 Å². The molecule has 0 aliphatic heterocycles. The maximum atomic E-state index is 14.3. The van der Waals surface area contributed by atoms with E-state index in [9.17, 15) is 17.6 Å². The standard InChI is InChI=1S/C17H15Br2F4NO/c1-2-3-6-25-16-13(7-10(9-24-16)15(18)19)12-8-11(17(21,22)23)4-5-14(12)20/h4-5,7-9,15H,2-3,6H2,1H3. The van der Waals surface area contributed by atoms with E-state index in [1.54, 1.807) is 6.07 Å². The number of hydrogen-bond donors (Lipinski definition) is 0. The van der Waals surface area contributed by atoms with Crippen LogP contribution in [0.4, 0.5) is 17.6 Å². The molecule has 2 aromatic rings. The van der Waals surface area contributed by atoms with Gasteiger partial charge < -0.3 is 4.74 Å². The molecule has 0 fully saturated rings. The molecule has 0 amide bonds. The highest BCUT2D eigenvalue weighted by molar-refractivity contribution is 9.24. The average Bonchev–Trinajstić information content (AvgIpc) is 2.54. The molecule has 0 aliphatic carbocycles. The lowest BCUT2D eigenvalue weighted by Gasteiger charge is -2.15. The summed E-state index contributed by atoms with van der Waals surface area (Å²) in [5.74, 6) is -0.663. The highest BCUT2D eigenvalue weighted by Crippen LogP contribution is 2.39. The van der Waals surface area contributed by atoms with Crippen LogP contribution in [0.25, 0.3) is 11.1 Å². The Bertz CT molecular complexity index is 735. The molecule has 1 aromatic carbocycles. The molecular weight excluding hydrogens is 470 g/mol. The summed E-state index contributed by atoms with van der Waals surface area (Å²) in [4.78, 5) is 4.15. The predicted molar refractivity (Wildman–Crippen MR) is 95.6 cm³/mol. The molecule has 0 aliphatic rings. The molecular formula is C17H15Br2F4NO. The highest BCUT2D eigenvalue weighted by atomic mass is 79.9. The lowest BCUT2D eigenvalue weighted by atomic mass is 10.0. The van der Waals surface area contributed by atoms with Crippen LogP contribution in [0.1, 0.15) is 34.6 Å². The van der Waals surface area contributed by atoms with Crippen LogP contribution in [0.2, 0.25) is 0 Å². The summed E-state index contributed by atoms with van der Waals surface area (Å²) in [7, 11) is 0. The van der Waals surface area contributed by atoms with Gasteiger partial charge in [0.15, 0.2) is 0 Å². The second-order valence-corrected chi connectivity index (χ2v) is 8.38. The minimum absolute atomic E-state index is 0.107. The lowest BCUT2D eigenvalue weighted by molar-refractivity contribution is -0.137. The number of benzene rings is 1. The van der Waals surface area contributed by atoms with Crippen molar-refractivity contribution in [2.45, 2.75) is 29.7 Å². The van der Waals surface area contributed by atoms with Gasteiger partial charge in [0.25, 0.3) is 0 Å². The van der Waals surface area contributed by atoms with Crippen molar-refractivity contribution in [1.82, 2.24) is 4.98 Å². The third kappa shape index (κ3) is 5.17. The summed E-state index contributed by atoms with van der Waals surface area (Å²) in [5, 5.41) is 0. The summed E-state index contributed by atoms with van der Waals surface area (Å²) in [6.07, 6.45) is -1.40. The fourth-order valence-corrected chi connectivity index (χ4v) is 2.62. The highest BCUT2D eigenvalue weighted by Gasteiger charge is 2.31. The number of hydrogen-bond acceptors (Lipinski definition) is 2. The molecule has 0 spiro atoms. The molecule has 8 heteroatoms. The van der Waals surface area contributed by atoms with E-state index in [2.05, 4.69) is 36.8 Å². The maximum absolute atomic E-state index is 14.3. The molecule has 2 nitrogen and oxygen atoms in total. The Morgan fingerprint density at radius 1 is 1.16 bits per heavy atom. The quantitative estimate of drug-likeness (QED) is 0.253. The molecule has 0 unspecified atom stereocenters. The molecule has 0 N–H and O–H groups in total. The van der Waals surface area contributed by atoms with E-state index in [4.69, 9.17) is 4.74 Å². The number of alkyl halides is 5. The Morgan fingerprint density at radius 2 is 1.88 bits per heavy atom. The first-order chi connectivity index (χ1) is 11.7. The van der Waals surface area contributed by atoms with E-state index in [0.717, 1.165) is 25.0 Å². The van der Waals surface area contributed by atoms with Crippen LogP contribution in [-0.4, -0.2) is 11.6 Å². The van der Waals surface area contributed by atoms with Gasteiger partial charge in [0.2, 0.25) is 5.88 Å². The van der Waals surface area contributed by atoms with Crippen molar-refractivity contribution in [3.8, 4) is 17.0 Å². The average molecular weight is 485 g/mol. The summed E-state index contributed by atoms with van der Waals surface area (Å²) < 4.78 is 58.5. The third-order valence-electron chi connectivity index (χ3n) is 3.44. The number of rotatable bonds is 6. The van der Waals surface area contributed by atoms with Crippen molar-refractivity contribution in [3.63, 3.8) is 0 Å². The van der Waals surface area contributed by atoms with Crippen molar-refractivity contribution in [3.05, 3.63) is 47.4 Å². The van der Waals surface area contributed by atoms with Crippen molar-refractivity contribution in [1.29, 1.82) is 0 Å². The molecule has 136 valence electrons. The van der Waals surface area contributed by atoms with E-state index in [-0.39, 0.29) is 20.7 Å². The topological polar surface area (TPSA) is 22.1 Å². The second-order valence-electron chi connectivity index (χ2n) is 5.32. The van der Waals surface area contributed by atoms with Gasteiger partial charge in [-0.25, -0.2) is 9.37 Å². The largest absolute Gasteiger partial charge is 0.477 e. The summed E-state index contributed by atoms with van der Waals surface area (Å²) in [6, 6.07) is 3.85. The smallest absolute Gasteiger partial charge is 0.416 e. The van der Waals surface area contributed by atoms with Crippen LogP contribution >= 0.6 is 31.9 Å². The third-order valence-corrected chi connectivity index (χ3v) is 4.50. The Kier molecular flexibility index (Phi) is 6.85. The minimum Gasteiger partial charge on any atom is -0.477 e. The van der Waals surface area contributed by atoms with Crippen LogP contribution in [0.15, 0.2) is 30.5 Å². The molecule has 0 radical (unpaired) electrons. The van der Waals surface area contributed by atoms with Crippen molar-refractivity contribution in [2.75, 3.05) is 6.61 Å². The van der Waals surface area contributed by atoms with Gasteiger partial charge in [-0.3, -0.25) is 0 Å². The van der Waals surface area contributed by atoms with Gasteiger partial charge in [-0.05, 0) is 36.2 Å². The van der Waals surface area contributed by atoms with E-state index < -0.39 is 17.6 Å². The SMILES string of the molecule is CCCCOc1ncc(C(Br)Br)cc1-c1cc(C(F)(F)F)ccc1F. The van der Waals surface area contributed by atoms with Gasteiger partial charge >= 0.3 is 6.18 Å². The molecule has 0 bridgehead atoms. The summed E-state index contributed by atoms with van der Waals surface area (Å²) in [5.41, 5.74) is -0.310. The predicted octanol–water partition coefficient (Wildman–Crippen LogP) is 6.87. The molecule has 2 rings (SSSR count). The second kappa shape index (κ2) is 8.49. The molecule has 0 atom stereocenters. The van der Waals surface area contributed by atoms with Crippen LogP contribution in [0, 0.1) is 5.82 Å². The van der Waals surface area contributed by atoms with Crippen molar-refractivity contribution >= 4 is 31.9 Å². The van der Waals surface area contributed by atoms with E-state index >= 15 is 0 Å². The van der Waals surface area contributed by atoms with E-state index in [1.165, 1.54) is 6.20 Å². The van der Waals surface area contributed by atoms with Gasteiger partial charge in [0.1, 0.15) is 5.82 Å². The van der Waals surface area contributed by atoms with E-state index in [0.29, 0.717) is 18.2 Å². The Morgan fingerprint density at radius 3 is 2.48 bits per heavy atom. The molecule has 1 heterocycles. The van der Waals surface area contributed by atoms with Gasteiger partial charge in [-0.1, -0.05) is 45.2 Å². The lowest BCUT2D eigenvalue weighted by Crippen LogP contribution is -2.06. The minimum atomic E-state index is -4.57. The molecule has 25 heavy (non-hydrogen) atoms. The Balaban J connectivity index is 2.56. The van der Waals surface area contributed by atoms with Crippen LogP contribution in [0.5, 0.6) is 5.88 Å². The fourth-order valence-electron chi connectivity index (χ4n) is 2.12. The normalized spacial score (nSPS) is 11.8. The summed E-state index contributed by atoms with van der Waals surface area (Å²) >= 11 is 6.61. The zero-order chi connectivity index (χ0) is 18.6. The van der Waals surface area contributed by atoms with Gasteiger partial charge in [0, 0.05) is 17.3 Å². The molecule has 0 saturated carbocycles. The van der Waals surface area contributed by atoms with Gasteiger partial charge in [-0.15, -0.1) is 0 Å². The number of nitrogens with zero attached hydrogens (tertiary/aromatic N) is 1. The molecule has 1 aromatic heterocycles. The van der Waals surface area contributed by atoms with Crippen LogP contribution in [0.3, 0.4) is 0 Å². The Hall–Kier alpha value is -1.15. The zero-order valence-electron chi connectivity index (χ0n) is 13.2. The number of ether oxygens (including phenoxy) is 1. The first-order valence-corrected chi connectivity index (χ1v) is 9.35. The van der Waals surface area contributed by atoms with Gasteiger partial charge in [0.05, 0.1) is 15.9 Å². The van der Waals surface area contributed by atoms with Crippen LogP contribution in [-0.2, 0) is 6.18 Å². The number of aromatic nitrogens is 1. The number of pyridine rings is 1. The Labute approximate surface area is 159 Å². The van der Waals surface area contributed by atoms with Crippen molar-refractivity contribution < 1.29 is 22.3 Å². The zero-order valence-corrected chi connectivity index (χ0v) is 16.4. The van der Waals surface area contributed by atoms with Crippen molar-refractivity contribution in [2.24, 2.45) is 0 Å². The first-order valence-electron chi connectivity index (χ1n) is 7.52. The number of halogens is 6. The van der Waals surface area contributed by atoms with Crippen LogP contribution < -0.4 is 4.74 Å².